The molecule has 0 saturated carbocycles. The highest BCUT2D eigenvalue weighted by Crippen LogP contribution is 2.82. The first-order valence-corrected chi connectivity index (χ1v) is 18.3. The standard InChI is InChI=1S/C29H62O6P2/c1-11-13-15-17-19-21-23-29(24-22-20-18-16-14-12-2,36(30,32-25(3)4)33-26(5)6)37(31,34-27(7)8)35-28(9)10/h25-28H,11-24H2,1-10H3. The molecule has 0 bridgehead atoms. The number of hydrogen-bond donors (Lipinski definition) is 0. The molecule has 0 aromatic rings. The molecule has 0 aromatic carbocycles. The second-order valence-electron chi connectivity index (χ2n) is 11.6. The molecule has 6 nitrogen and oxygen atoms in total. The quantitative estimate of drug-likeness (QED) is 0.0852. The molecule has 0 aromatic heterocycles. The van der Waals surface area contributed by atoms with Gasteiger partial charge in [0.1, 0.15) is 0 Å². The minimum absolute atomic E-state index is 0.357. The van der Waals surface area contributed by atoms with Crippen molar-refractivity contribution in [3.63, 3.8) is 0 Å². The van der Waals surface area contributed by atoms with E-state index in [1.807, 2.05) is 55.4 Å². The van der Waals surface area contributed by atoms with Crippen molar-refractivity contribution >= 4 is 15.2 Å². The molecule has 0 rings (SSSR count). The highest BCUT2D eigenvalue weighted by atomic mass is 31.2. The van der Waals surface area contributed by atoms with Crippen LogP contribution in [0.3, 0.4) is 0 Å². The molecule has 0 atom stereocenters. The van der Waals surface area contributed by atoms with Crippen molar-refractivity contribution < 1.29 is 27.2 Å². The van der Waals surface area contributed by atoms with Gasteiger partial charge in [-0.3, -0.25) is 9.13 Å². The van der Waals surface area contributed by atoms with Gasteiger partial charge in [-0.1, -0.05) is 90.9 Å². The van der Waals surface area contributed by atoms with E-state index in [4.69, 9.17) is 18.1 Å². The van der Waals surface area contributed by atoms with Crippen molar-refractivity contribution in [1.82, 2.24) is 0 Å². The van der Waals surface area contributed by atoms with Gasteiger partial charge in [0.2, 0.25) is 0 Å². The summed E-state index contributed by atoms with van der Waals surface area (Å²) in [5, 5.41) is 0. The van der Waals surface area contributed by atoms with E-state index in [0.29, 0.717) is 12.8 Å². The first-order valence-electron chi connectivity index (χ1n) is 15.2. The summed E-state index contributed by atoms with van der Waals surface area (Å²) in [5.41, 5.74) is 0. The van der Waals surface area contributed by atoms with Gasteiger partial charge in [-0.15, -0.1) is 0 Å². The summed E-state index contributed by atoms with van der Waals surface area (Å²) in [6.45, 7) is 19.3. The largest absolute Gasteiger partial charge is 0.349 e. The van der Waals surface area contributed by atoms with Gasteiger partial charge >= 0.3 is 15.2 Å². The molecule has 0 N–H and O–H groups in total. The van der Waals surface area contributed by atoms with Crippen LogP contribution in [0.15, 0.2) is 0 Å². The van der Waals surface area contributed by atoms with Crippen molar-refractivity contribution in [3.05, 3.63) is 0 Å². The third kappa shape index (κ3) is 13.5. The number of hydrogen-bond acceptors (Lipinski definition) is 6. The first kappa shape index (κ1) is 37.3. The third-order valence-corrected chi connectivity index (χ3v) is 13.5. The summed E-state index contributed by atoms with van der Waals surface area (Å²) < 4.78 is 54.9. The van der Waals surface area contributed by atoms with E-state index in [2.05, 4.69) is 13.8 Å². The third-order valence-electron chi connectivity index (χ3n) is 6.28. The topological polar surface area (TPSA) is 71.1 Å². The Morgan fingerprint density at radius 1 is 0.459 bits per heavy atom. The Balaban J connectivity index is 6.66. The Labute approximate surface area is 230 Å². The van der Waals surface area contributed by atoms with Crippen LogP contribution in [0.1, 0.15) is 159 Å². The maximum absolute atomic E-state index is 15.0. The van der Waals surface area contributed by atoms with Crippen LogP contribution in [0.25, 0.3) is 0 Å². The molecular formula is C29H62O6P2. The van der Waals surface area contributed by atoms with Crippen molar-refractivity contribution in [2.24, 2.45) is 0 Å². The zero-order valence-electron chi connectivity index (χ0n) is 26.1. The van der Waals surface area contributed by atoms with Crippen molar-refractivity contribution in [1.29, 1.82) is 0 Å². The molecule has 0 saturated heterocycles. The monoisotopic (exact) mass is 568 g/mol. The summed E-state index contributed by atoms with van der Waals surface area (Å²) in [6, 6.07) is 0. The molecule has 0 spiro atoms. The molecule has 0 aliphatic rings. The lowest BCUT2D eigenvalue weighted by atomic mass is 10.0. The Kier molecular flexibility index (Phi) is 19.5. The number of rotatable bonds is 24. The molecule has 8 heteroatoms. The zero-order chi connectivity index (χ0) is 28.5. The van der Waals surface area contributed by atoms with Gasteiger partial charge < -0.3 is 18.1 Å². The molecule has 0 radical (unpaired) electrons. The van der Waals surface area contributed by atoms with E-state index in [0.717, 1.165) is 38.5 Å². The fraction of sp³-hybridized carbons (Fsp3) is 1.00. The summed E-state index contributed by atoms with van der Waals surface area (Å²) in [4.78, 5) is -1.35. The van der Waals surface area contributed by atoms with Crippen molar-refractivity contribution in [2.45, 2.75) is 188 Å². The molecule has 0 aliphatic carbocycles. The second-order valence-corrected chi connectivity index (χ2v) is 16.5. The maximum atomic E-state index is 15.0. The van der Waals surface area contributed by atoms with E-state index in [1.165, 1.54) is 38.5 Å². The van der Waals surface area contributed by atoms with Crippen molar-refractivity contribution in [3.8, 4) is 0 Å². The molecule has 0 aliphatic heterocycles. The minimum Gasteiger partial charge on any atom is -0.305 e. The molecule has 224 valence electrons. The Morgan fingerprint density at radius 2 is 0.703 bits per heavy atom. The van der Waals surface area contributed by atoms with Gasteiger partial charge in [-0.05, 0) is 68.2 Å². The maximum Gasteiger partial charge on any atom is 0.349 e. The van der Waals surface area contributed by atoms with E-state index >= 15 is 9.13 Å². The van der Waals surface area contributed by atoms with Gasteiger partial charge in [0.25, 0.3) is 0 Å². The summed E-state index contributed by atoms with van der Waals surface area (Å²) >= 11 is 0. The van der Waals surface area contributed by atoms with Crippen LogP contribution in [-0.2, 0) is 27.2 Å². The van der Waals surface area contributed by atoms with Crippen LogP contribution >= 0.6 is 15.2 Å². The molecule has 0 fully saturated rings. The van der Waals surface area contributed by atoms with Gasteiger partial charge in [0.05, 0.1) is 24.4 Å². The van der Waals surface area contributed by atoms with E-state index in [-0.39, 0.29) is 24.4 Å². The predicted molar refractivity (Wildman–Crippen MR) is 159 cm³/mol. The molecule has 0 unspecified atom stereocenters. The zero-order valence-corrected chi connectivity index (χ0v) is 27.8. The predicted octanol–water partition coefficient (Wildman–Crippen LogP) is 11.3. The SMILES string of the molecule is CCCCCCCCC(CCCCCCCC)(P(=O)(OC(C)C)OC(C)C)P(=O)(OC(C)C)OC(C)C. The summed E-state index contributed by atoms with van der Waals surface area (Å²) in [5.74, 6) is 0. The van der Waals surface area contributed by atoms with Crippen LogP contribution in [0.2, 0.25) is 0 Å². The van der Waals surface area contributed by atoms with E-state index < -0.39 is 20.1 Å². The fourth-order valence-electron chi connectivity index (χ4n) is 4.75. The average molecular weight is 569 g/mol. The van der Waals surface area contributed by atoms with Gasteiger partial charge in [0.15, 0.2) is 4.90 Å². The Bertz CT molecular complexity index is 579. The van der Waals surface area contributed by atoms with Crippen LogP contribution in [0.4, 0.5) is 0 Å². The average Bonchev–Trinajstić information content (AvgIpc) is 2.74. The Morgan fingerprint density at radius 3 is 0.946 bits per heavy atom. The van der Waals surface area contributed by atoms with Crippen LogP contribution < -0.4 is 0 Å². The lowest BCUT2D eigenvalue weighted by Gasteiger charge is -2.45. The Hall–Kier alpha value is 0.300. The molecule has 0 amide bonds. The van der Waals surface area contributed by atoms with E-state index in [9.17, 15) is 0 Å². The van der Waals surface area contributed by atoms with Crippen LogP contribution in [0, 0.1) is 0 Å². The molecular weight excluding hydrogens is 506 g/mol. The summed E-state index contributed by atoms with van der Waals surface area (Å²) in [7, 11) is -7.89. The number of unbranched alkanes of at least 4 members (excludes halogenated alkanes) is 10. The molecule has 37 heavy (non-hydrogen) atoms. The second kappa shape index (κ2) is 19.4. The van der Waals surface area contributed by atoms with Crippen LogP contribution in [0.5, 0.6) is 0 Å². The highest BCUT2D eigenvalue weighted by Gasteiger charge is 2.65. The lowest BCUT2D eigenvalue weighted by molar-refractivity contribution is 0.104. The first-order chi connectivity index (χ1) is 17.3. The van der Waals surface area contributed by atoms with Gasteiger partial charge in [-0.2, -0.15) is 0 Å². The van der Waals surface area contributed by atoms with Gasteiger partial charge in [0, 0.05) is 0 Å². The smallest absolute Gasteiger partial charge is 0.305 e. The fourth-order valence-corrected chi connectivity index (χ4v) is 11.4. The lowest BCUT2D eigenvalue weighted by Crippen LogP contribution is -2.36. The minimum atomic E-state index is -3.94. The van der Waals surface area contributed by atoms with E-state index in [1.54, 1.807) is 0 Å². The van der Waals surface area contributed by atoms with Crippen molar-refractivity contribution in [2.75, 3.05) is 0 Å². The normalized spacial score (nSPS) is 13.6. The van der Waals surface area contributed by atoms with Crippen LogP contribution in [-0.4, -0.2) is 29.3 Å². The molecule has 0 heterocycles. The van der Waals surface area contributed by atoms with Gasteiger partial charge in [-0.25, -0.2) is 0 Å². The highest BCUT2D eigenvalue weighted by molar-refractivity contribution is 7.74. The summed E-state index contributed by atoms with van der Waals surface area (Å²) in [6.07, 6.45) is 12.3.